The van der Waals surface area contributed by atoms with Gasteiger partial charge in [0.1, 0.15) is 0 Å². The summed E-state index contributed by atoms with van der Waals surface area (Å²) in [5.41, 5.74) is 4.98. The average Bonchev–Trinajstić information content (AvgIpc) is 2.99. The molecule has 4 nitrogen and oxygen atoms in total. The number of hydrazine groups is 1. The second-order valence-electron chi connectivity index (χ2n) is 7.83. The molecular formula is C25H31BrN4. The molecule has 0 atom stereocenters. The number of allylic oxidation sites excluding steroid dienone is 6. The number of benzene rings is 1. The number of hydrogen-bond donors (Lipinski definition) is 0. The lowest BCUT2D eigenvalue weighted by Crippen LogP contribution is -2.48. The van der Waals surface area contributed by atoms with Gasteiger partial charge >= 0.3 is 0 Å². The summed E-state index contributed by atoms with van der Waals surface area (Å²) in [7, 11) is 0. The molecule has 30 heavy (non-hydrogen) atoms. The predicted molar refractivity (Wildman–Crippen MR) is 130 cm³/mol. The Morgan fingerprint density at radius 2 is 1.73 bits per heavy atom. The van der Waals surface area contributed by atoms with Crippen molar-refractivity contribution in [3.05, 3.63) is 88.9 Å². The molecule has 0 N–H and O–H groups in total. The Bertz CT molecular complexity index is 876. The fourth-order valence-electron chi connectivity index (χ4n) is 4.35. The average molecular weight is 467 g/mol. The molecule has 2 heterocycles. The van der Waals surface area contributed by atoms with Gasteiger partial charge in [0.25, 0.3) is 0 Å². The second-order valence-corrected chi connectivity index (χ2v) is 8.62. The first kappa shape index (κ1) is 21.0. The fraction of sp³-hybridized carbons (Fsp3) is 0.360. The SMILES string of the molecule is C=C1C(Br)=C(CN2CCN(c3ccccc3)CC2)N(CC)N1/C1=C/CC=C/C=C\C1. The van der Waals surface area contributed by atoms with Gasteiger partial charge in [0.2, 0.25) is 0 Å². The second kappa shape index (κ2) is 9.71. The number of hydrogen-bond acceptors (Lipinski definition) is 4. The number of halogens is 1. The Kier molecular flexibility index (Phi) is 6.80. The predicted octanol–water partition coefficient (Wildman–Crippen LogP) is 5.27. The van der Waals surface area contributed by atoms with Crippen molar-refractivity contribution < 1.29 is 0 Å². The standard InChI is InChI=1S/C25H31BrN4/c1-3-29-24(20-27-16-18-28(19-17-27)22-12-10-7-11-13-22)25(26)21(2)30(29)23-14-8-5-4-6-9-15-23/h4-8,10-13,15H,2-3,9,14,16-20H2,1H3/b6-4?,8-5-,23-15+. The van der Waals surface area contributed by atoms with Crippen molar-refractivity contribution in [2.75, 3.05) is 44.2 Å². The third-order valence-corrected chi connectivity index (χ3v) is 6.87. The van der Waals surface area contributed by atoms with Gasteiger partial charge in [-0.15, -0.1) is 0 Å². The third kappa shape index (κ3) is 4.42. The van der Waals surface area contributed by atoms with Crippen molar-refractivity contribution in [2.45, 2.75) is 19.8 Å². The van der Waals surface area contributed by atoms with Crippen LogP contribution in [0, 0.1) is 0 Å². The van der Waals surface area contributed by atoms with E-state index in [2.05, 4.69) is 110 Å². The van der Waals surface area contributed by atoms with Crippen molar-refractivity contribution in [3.8, 4) is 0 Å². The maximum atomic E-state index is 4.41. The van der Waals surface area contributed by atoms with Crippen molar-refractivity contribution in [2.24, 2.45) is 0 Å². The largest absolute Gasteiger partial charge is 0.369 e. The number of likely N-dealkylation sites (N-methyl/N-ethyl adjacent to an activating group) is 1. The van der Waals surface area contributed by atoms with Crippen LogP contribution in [-0.2, 0) is 0 Å². The molecule has 158 valence electrons. The van der Waals surface area contributed by atoms with Gasteiger partial charge in [-0.2, -0.15) is 0 Å². The highest BCUT2D eigenvalue weighted by Crippen LogP contribution is 2.39. The lowest BCUT2D eigenvalue weighted by atomic mass is 10.2. The van der Waals surface area contributed by atoms with E-state index in [0.29, 0.717) is 0 Å². The quantitative estimate of drug-likeness (QED) is 0.585. The maximum Gasteiger partial charge on any atom is 0.0718 e. The molecule has 0 radical (unpaired) electrons. The Morgan fingerprint density at radius 3 is 2.47 bits per heavy atom. The first-order chi connectivity index (χ1) is 14.7. The molecule has 1 saturated heterocycles. The summed E-state index contributed by atoms with van der Waals surface area (Å²) in [6, 6.07) is 10.7. The van der Waals surface area contributed by atoms with Crippen LogP contribution < -0.4 is 4.90 Å². The Balaban J connectivity index is 1.44. The monoisotopic (exact) mass is 466 g/mol. The highest BCUT2D eigenvalue weighted by Gasteiger charge is 2.33. The van der Waals surface area contributed by atoms with Crippen molar-refractivity contribution >= 4 is 21.6 Å². The molecule has 1 aromatic rings. The van der Waals surface area contributed by atoms with Crippen LogP contribution in [0.25, 0.3) is 0 Å². The minimum atomic E-state index is 0.920. The Morgan fingerprint density at radius 1 is 1.00 bits per heavy atom. The smallest absolute Gasteiger partial charge is 0.0718 e. The summed E-state index contributed by atoms with van der Waals surface area (Å²) in [4.78, 5) is 5.04. The fourth-order valence-corrected chi connectivity index (χ4v) is 4.85. The normalized spacial score (nSPS) is 23.5. The third-order valence-electron chi connectivity index (χ3n) is 5.95. The van der Waals surface area contributed by atoms with E-state index in [9.17, 15) is 0 Å². The van der Waals surface area contributed by atoms with Crippen LogP contribution >= 0.6 is 15.9 Å². The summed E-state index contributed by atoms with van der Waals surface area (Å²) < 4.78 is 1.14. The zero-order valence-electron chi connectivity index (χ0n) is 17.8. The van der Waals surface area contributed by atoms with E-state index in [1.807, 2.05) is 0 Å². The Labute approximate surface area is 189 Å². The van der Waals surface area contributed by atoms with E-state index < -0.39 is 0 Å². The minimum Gasteiger partial charge on any atom is -0.369 e. The molecule has 4 rings (SSSR count). The van der Waals surface area contributed by atoms with E-state index in [0.717, 1.165) is 62.3 Å². The molecule has 0 bridgehead atoms. The van der Waals surface area contributed by atoms with Crippen molar-refractivity contribution in [1.82, 2.24) is 14.9 Å². The Hall–Kier alpha value is -2.24. The van der Waals surface area contributed by atoms with Crippen LogP contribution in [0.5, 0.6) is 0 Å². The summed E-state index contributed by atoms with van der Waals surface area (Å²) in [6.07, 6.45) is 12.9. The summed E-state index contributed by atoms with van der Waals surface area (Å²) in [5.74, 6) is 0. The number of nitrogens with zero attached hydrogens (tertiary/aromatic N) is 4. The molecule has 3 aliphatic rings. The zero-order chi connectivity index (χ0) is 20.9. The van der Waals surface area contributed by atoms with Crippen LogP contribution in [0.4, 0.5) is 5.69 Å². The van der Waals surface area contributed by atoms with E-state index in [1.54, 1.807) is 0 Å². The van der Waals surface area contributed by atoms with Gasteiger partial charge in [0, 0.05) is 57.1 Å². The van der Waals surface area contributed by atoms with Crippen LogP contribution in [0.3, 0.4) is 0 Å². The molecule has 1 aromatic carbocycles. The van der Waals surface area contributed by atoms with Crippen LogP contribution in [0.15, 0.2) is 88.9 Å². The van der Waals surface area contributed by atoms with E-state index in [1.165, 1.54) is 17.1 Å². The van der Waals surface area contributed by atoms with Crippen molar-refractivity contribution in [1.29, 1.82) is 0 Å². The van der Waals surface area contributed by atoms with Crippen molar-refractivity contribution in [3.63, 3.8) is 0 Å². The number of anilines is 1. The topological polar surface area (TPSA) is 13.0 Å². The highest BCUT2D eigenvalue weighted by atomic mass is 79.9. The van der Waals surface area contributed by atoms with Crippen LogP contribution in [0.1, 0.15) is 19.8 Å². The molecule has 0 spiro atoms. The zero-order valence-corrected chi connectivity index (χ0v) is 19.4. The lowest BCUT2D eigenvalue weighted by Gasteiger charge is -2.39. The summed E-state index contributed by atoms with van der Waals surface area (Å²) >= 11 is 3.87. The number of rotatable bonds is 5. The summed E-state index contributed by atoms with van der Waals surface area (Å²) in [5, 5.41) is 4.70. The first-order valence-electron chi connectivity index (χ1n) is 10.9. The minimum absolute atomic E-state index is 0.920. The summed E-state index contributed by atoms with van der Waals surface area (Å²) in [6.45, 7) is 12.8. The van der Waals surface area contributed by atoms with Crippen LogP contribution in [-0.4, -0.2) is 54.2 Å². The maximum absolute atomic E-state index is 4.41. The number of piperazine rings is 1. The van der Waals surface area contributed by atoms with Gasteiger partial charge in [-0.3, -0.25) is 14.9 Å². The molecule has 0 amide bonds. The molecule has 0 aromatic heterocycles. The van der Waals surface area contributed by atoms with E-state index in [-0.39, 0.29) is 0 Å². The van der Waals surface area contributed by atoms with E-state index in [4.69, 9.17) is 0 Å². The van der Waals surface area contributed by atoms with Gasteiger partial charge in [0.15, 0.2) is 0 Å². The number of para-hydroxylation sites is 1. The molecule has 2 aliphatic heterocycles. The highest BCUT2D eigenvalue weighted by molar-refractivity contribution is 9.12. The molecule has 0 unspecified atom stereocenters. The molecular weight excluding hydrogens is 436 g/mol. The van der Waals surface area contributed by atoms with Gasteiger partial charge in [-0.1, -0.05) is 55.2 Å². The molecule has 1 fully saturated rings. The molecule has 5 heteroatoms. The molecule has 1 aliphatic carbocycles. The lowest BCUT2D eigenvalue weighted by molar-refractivity contribution is 0.0962. The van der Waals surface area contributed by atoms with Gasteiger partial charge in [-0.05, 0) is 41.4 Å². The molecule has 0 saturated carbocycles. The van der Waals surface area contributed by atoms with Crippen LogP contribution in [0.2, 0.25) is 0 Å². The van der Waals surface area contributed by atoms with Gasteiger partial charge < -0.3 is 4.90 Å². The van der Waals surface area contributed by atoms with Gasteiger partial charge in [0.05, 0.1) is 15.9 Å². The first-order valence-corrected chi connectivity index (χ1v) is 11.7. The van der Waals surface area contributed by atoms with Gasteiger partial charge in [-0.25, -0.2) is 0 Å². The van der Waals surface area contributed by atoms with E-state index >= 15 is 0 Å².